The molecule has 8 nitrogen and oxygen atoms in total. The van der Waals surface area contributed by atoms with Crippen molar-refractivity contribution in [3.63, 3.8) is 0 Å². The summed E-state index contributed by atoms with van der Waals surface area (Å²) in [7, 11) is 0. The molecule has 9 heteroatoms. The van der Waals surface area contributed by atoms with Gasteiger partial charge in [-0.3, -0.25) is 9.36 Å². The van der Waals surface area contributed by atoms with Gasteiger partial charge in [0.25, 0.3) is 0 Å². The number of hydrogen-bond donors (Lipinski definition) is 0. The second kappa shape index (κ2) is 9.15. The van der Waals surface area contributed by atoms with E-state index in [1.54, 1.807) is 0 Å². The molecule has 156 valence electrons. The van der Waals surface area contributed by atoms with E-state index in [9.17, 15) is 4.79 Å². The first-order valence-corrected chi connectivity index (χ1v) is 11.0. The van der Waals surface area contributed by atoms with Crippen molar-refractivity contribution in [2.45, 2.75) is 25.1 Å². The highest BCUT2D eigenvalue weighted by atomic mass is 32.2. The first-order chi connectivity index (χ1) is 14.1. The first kappa shape index (κ1) is 20.2. The van der Waals surface area contributed by atoms with Crippen LogP contribution in [0.5, 0.6) is 0 Å². The standard InChI is InChI=1S/C20H27N5O3S/c1-15-4-3-5-17(12-15)25-19(23-6-9-27-10-7-23)21-22-20(25)29-14-18(26)24-8-11-28-16(2)13-24/h3-5,12,16H,6-11,13-14H2,1-2H3. The lowest BCUT2D eigenvalue weighted by Crippen LogP contribution is -2.45. The average molecular weight is 418 g/mol. The van der Waals surface area contributed by atoms with Gasteiger partial charge in [0.05, 0.1) is 37.4 Å². The zero-order chi connectivity index (χ0) is 20.2. The van der Waals surface area contributed by atoms with Gasteiger partial charge in [0.1, 0.15) is 0 Å². The number of morpholine rings is 2. The van der Waals surface area contributed by atoms with E-state index in [0.29, 0.717) is 38.7 Å². The summed E-state index contributed by atoms with van der Waals surface area (Å²) in [5.74, 6) is 1.24. The Kier molecular flexibility index (Phi) is 6.37. The molecule has 0 bridgehead atoms. The maximum atomic E-state index is 12.7. The molecule has 1 aromatic heterocycles. The quantitative estimate of drug-likeness (QED) is 0.687. The summed E-state index contributed by atoms with van der Waals surface area (Å²) in [4.78, 5) is 16.8. The van der Waals surface area contributed by atoms with Crippen molar-refractivity contribution in [2.75, 3.05) is 56.7 Å². The van der Waals surface area contributed by atoms with Gasteiger partial charge in [0, 0.05) is 26.2 Å². The maximum absolute atomic E-state index is 12.7. The van der Waals surface area contributed by atoms with Crippen molar-refractivity contribution in [3.8, 4) is 5.69 Å². The van der Waals surface area contributed by atoms with Crippen LogP contribution in [0.3, 0.4) is 0 Å². The third kappa shape index (κ3) is 4.73. The van der Waals surface area contributed by atoms with Gasteiger partial charge in [0.15, 0.2) is 5.16 Å². The van der Waals surface area contributed by atoms with E-state index in [-0.39, 0.29) is 12.0 Å². The number of nitrogens with zero attached hydrogens (tertiary/aromatic N) is 5. The van der Waals surface area contributed by atoms with Gasteiger partial charge in [-0.15, -0.1) is 10.2 Å². The third-order valence-electron chi connectivity index (χ3n) is 5.09. The van der Waals surface area contributed by atoms with Crippen LogP contribution >= 0.6 is 11.8 Å². The topological polar surface area (TPSA) is 72.7 Å². The molecule has 3 heterocycles. The van der Waals surface area contributed by atoms with Crippen molar-refractivity contribution < 1.29 is 14.3 Å². The van der Waals surface area contributed by atoms with Crippen LogP contribution in [0.1, 0.15) is 12.5 Å². The second-order valence-electron chi connectivity index (χ2n) is 7.37. The van der Waals surface area contributed by atoms with Crippen LogP contribution in [0.25, 0.3) is 5.69 Å². The fourth-order valence-electron chi connectivity index (χ4n) is 3.58. The van der Waals surface area contributed by atoms with Crippen LogP contribution in [-0.2, 0) is 14.3 Å². The highest BCUT2D eigenvalue weighted by Crippen LogP contribution is 2.28. The molecule has 0 spiro atoms. The van der Waals surface area contributed by atoms with E-state index in [4.69, 9.17) is 9.47 Å². The number of anilines is 1. The van der Waals surface area contributed by atoms with E-state index in [0.717, 1.165) is 29.9 Å². The van der Waals surface area contributed by atoms with Gasteiger partial charge < -0.3 is 19.3 Å². The lowest BCUT2D eigenvalue weighted by atomic mass is 10.2. The highest BCUT2D eigenvalue weighted by molar-refractivity contribution is 7.99. The molecule has 2 fully saturated rings. The molecule has 0 radical (unpaired) electrons. The molecule has 1 amide bonds. The molecule has 2 saturated heterocycles. The molecule has 29 heavy (non-hydrogen) atoms. The Hall–Kier alpha value is -2.10. The Morgan fingerprint density at radius 2 is 2.03 bits per heavy atom. The van der Waals surface area contributed by atoms with E-state index < -0.39 is 0 Å². The Labute approximate surface area is 175 Å². The highest BCUT2D eigenvalue weighted by Gasteiger charge is 2.25. The second-order valence-corrected chi connectivity index (χ2v) is 8.31. The summed E-state index contributed by atoms with van der Waals surface area (Å²) in [5.41, 5.74) is 2.17. The molecule has 0 saturated carbocycles. The largest absolute Gasteiger partial charge is 0.378 e. The molecular formula is C20H27N5O3S. The number of carbonyl (C=O) groups is 1. The summed E-state index contributed by atoms with van der Waals surface area (Å²) >= 11 is 1.43. The fraction of sp³-hybridized carbons (Fsp3) is 0.550. The van der Waals surface area contributed by atoms with Crippen molar-refractivity contribution >= 4 is 23.6 Å². The minimum absolute atomic E-state index is 0.0848. The Morgan fingerprint density at radius 1 is 1.21 bits per heavy atom. The van der Waals surface area contributed by atoms with Crippen molar-refractivity contribution in [2.24, 2.45) is 0 Å². The number of benzene rings is 1. The van der Waals surface area contributed by atoms with Crippen molar-refractivity contribution in [3.05, 3.63) is 29.8 Å². The van der Waals surface area contributed by atoms with E-state index in [1.165, 1.54) is 17.3 Å². The minimum atomic E-state index is 0.0848. The summed E-state index contributed by atoms with van der Waals surface area (Å²) in [6.07, 6.45) is 0.0848. The van der Waals surface area contributed by atoms with Gasteiger partial charge in [-0.25, -0.2) is 0 Å². The van der Waals surface area contributed by atoms with Crippen LogP contribution in [-0.4, -0.2) is 83.4 Å². The molecular weight excluding hydrogens is 390 g/mol. The monoisotopic (exact) mass is 417 g/mol. The van der Waals surface area contributed by atoms with E-state index in [2.05, 4.69) is 44.8 Å². The van der Waals surface area contributed by atoms with Crippen LogP contribution in [0.2, 0.25) is 0 Å². The Bertz CT molecular complexity index is 852. The summed E-state index contributed by atoms with van der Waals surface area (Å²) < 4.78 is 13.1. The maximum Gasteiger partial charge on any atom is 0.233 e. The molecule has 2 aliphatic heterocycles. The molecule has 0 N–H and O–H groups in total. The van der Waals surface area contributed by atoms with Gasteiger partial charge in [-0.1, -0.05) is 23.9 Å². The minimum Gasteiger partial charge on any atom is -0.378 e. The summed E-state index contributed by atoms with van der Waals surface area (Å²) in [5, 5.41) is 9.62. The SMILES string of the molecule is Cc1cccc(-n2c(SCC(=O)N3CCOC(C)C3)nnc2N2CCOCC2)c1. The number of carbonyl (C=O) groups excluding carboxylic acids is 1. The summed E-state index contributed by atoms with van der Waals surface area (Å²) in [6, 6.07) is 8.26. The van der Waals surface area contributed by atoms with Crippen LogP contribution < -0.4 is 4.90 Å². The fourth-order valence-corrected chi connectivity index (χ4v) is 4.43. The number of aryl methyl sites for hydroxylation is 1. The van der Waals surface area contributed by atoms with Gasteiger partial charge >= 0.3 is 0 Å². The molecule has 2 aliphatic rings. The smallest absolute Gasteiger partial charge is 0.233 e. The summed E-state index contributed by atoms with van der Waals surface area (Å²) in [6.45, 7) is 8.86. The van der Waals surface area contributed by atoms with Gasteiger partial charge in [-0.2, -0.15) is 0 Å². The number of aromatic nitrogens is 3. The zero-order valence-corrected chi connectivity index (χ0v) is 17.7. The molecule has 1 atom stereocenters. The Morgan fingerprint density at radius 3 is 2.79 bits per heavy atom. The average Bonchev–Trinajstić information content (AvgIpc) is 3.16. The van der Waals surface area contributed by atoms with Crippen LogP contribution in [0.4, 0.5) is 5.95 Å². The Balaban J connectivity index is 1.56. The normalized spacial score (nSPS) is 20.1. The number of hydrogen-bond acceptors (Lipinski definition) is 7. The molecule has 2 aromatic rings. The van der Waals surface area contributed by atoms with E-state index >= 15 is 0 Å². The third-order valence-corrected chi connectivity index (χ3v) is 6.00. The number of thioether (sulfide) groups is 1. The van der Waals surface area contributed by atoms with Gasteiger partial charge in [-0.05, 0) is 31.5 Å². The van der Waals surface area contributed by atoms with Gasteiger partial charge in [0.2, 0.25) is 11.9 Å². The number of rotatable bonds is 5. The molecule has 0 aliphatic carbocycles. The van der Waals surface area contributed by atoms with E-state index in [1.807, 2.05) is 17.9 Å². The first-order valence-electron chi connectivity index (χ1n) is 9.99. The zero-order valence-electron chi connectivity index (χ0n) is 16.9. The molecule has 1 aromatic carbocycles. The predicted octanol–water partition coefficient (Wildman–Crippen LogP) is 1.75. The molecule has 1 unspecified atom stereocenters. The number of ether oxygens (including phenoxy) is 2. The lowest BCUT2D eigenvalue weighted by molar-refractivity contribution is -0.135. The van der Waals surface area contributed by atoms with Crippen LogP contribution in [0.15, 0.2) is 29.4 Å². The van der Waals surface area contributed by atoms with Crippen molar-refractivity contribution in [1.82, 2.24) is 19.7 Å². The molecule has 4 rings (SSSR count). The number of amides is 1. The lowest BCUT2D eigenvalue weighted by Gasteiger charge is -2.31. The predicted molar refractivity (Wildman–Crippen MR) is 112 cm³/mol. The van der Waals surface area contributed by atoms with Crippen molar-refractivity contribution in [1.29, 1.82) is 0 Å². The van der Waals surface area contributed by atoms with Crippen LogP contribution in [0, 0.1) is 6.92 Å².